The van der Waals surface area contributed by atoms with E-state index in [0.29, 0.717) is 0 Å². The van der Waals surface area contributed by atoms with Crippen molar-refractivity contribution in [3.63, 3.8) is 0 Å². The van der Waals surface area contributed by atoms with Crippen molar-refractivity contribution in [2.24, 2.45) is 5.73 Å². The molecular formula is C21H27Cl2N3O2. The summed E-state index contributed by atoms with van der Waals surface area (Å²) in [7, 11) is 2.12. The predicted octanol–water partition coefficient (Wildman–Crippen LogP) is 4.08. The first kappa shape index (κ1) is 25.5. The zero-order chi connectivity index (χ0) is 19.1. The smallest absolute Gasteiger partial charge is 0.320 e. The fraction of sp³-hybridized carbons (Fsp3) is 0.190. The molecule has 0 aromatic heterocycles. The first-order valence-electron chi connectivity index (χ1n) is 8.41. The summed E-state index contributed by atoms with van der Waals surface area (Å²) in [4.78, 5) is 11.8. The number of hydrogen-bond donors (Lipinski definition) is 3. The van der Waals surface area contributed by atoms with Crippen LogP contribution in [0.3, 0.4) is 0 Å². The summed E-state index contributed by atoms with van der Waals surface area (Å²) in [5, 5.41) is 7.87. The Balaban J connectivity index is 0.000000804. The SMILES string of the molecule is CC(N)C(=O)O.CN1CC=C(C=Cc2ccc(N)cc2)c2ccccc21.Cl.Cl. The highest BCUT2D eigenvalue weighted by molar-refractivity contribution is 5.87. The van der Waals surface area contributed by atoms with E-state index >= 15 is 0 Å². The normalized spacial score (nSPS) is 13.1. The number of aliphatic carboxylic acids is 1. The molecule has 0 fully saturated rings. The molecule has 1 aliphatic heterocycles. The summed E-state index contributed by atoms with van der Waals surface area (Å²) in [5.41, 5.74) is 16.3. The van der Waals surface area contributed by atoms with Gasteiger partial charge >= 0.3 is 5.97 Å². The van der Waals surface area contributed by atoms with E-state index in [1.54, 1.807) is 0 Å². The van der Waals surface area contributed by atoms with Crippen LogP contribution in [0.5, 0.6) is 0 Å². The van der Waals surface area contributed by atoms with Crippen molar-refractivity contribution in [1.29, 1.82) is 0 Å². The molecule has 5 N–H and O–H groups in total. The van der Waals surface area contributed by atoms with Crippen molar-refractivity contribution in [1.82, 2.24) is 0 Å². The van der Waals surface area contributed by atoms with Gasteiger partial charge < -0.3 is 21.5 Å². The number of para-hydroxylation sites is 1. The van der Waals surface area contributed by atoms with Gasteiger partial charge in [0.25, 0.3) is 0 Å². The minimum absolute atomic E-state index is 0. The molecule has 1 heterocycles. The van der Waals surface area contributed by atoms with Gasteiger partial charge in [-0.3, -0.25) is 4.79 Å². The minimum atomic E-state index is -0.963. The molecular weight excluding hydrogens is 397 g/mol. The molecule has 28 heavy (non-hydrogen) atoms. The van der Waals surface area contributed by atoms with Gasteiger partial charge in [-0.15, -0.1) is 24.8 Å². The van der Waals surface area contributed by atoms with Gasteiger partial charge in [0.05, 0.1) is 0 Å². The van der Waals surface area contributed by atoms with Crippen molar-refractivity contribution in [3.8, 4) is 0 Å². The van der Waals surface area contributed by atoms with Crippen molar-refractivity contribution in [2.75, 3.05) is 24.2 Å². The van der Waals surface area contributed by atoms with E-state index in [1.165, 1.54) is 23.7 Å². The third-order valence-electron chi connectivity index (χ3n) is 3.99. The topological polar surface area (TPSA) is 92.6 Å². The van der Waals surface area contributed by atoms with Gasteiger partial charge in [0.15, 0.2) is 0 Å². The average Bonchev–Trinajstić information content (AvgIpc) is 2.63. The number of hydrogen-bond acceptors (Lipinski definition) is 4. The Morgan fingerprint density at radius 3 is 2.25 bits per heavy atom. The lowest BCUT2D eigenvalue weighted by Gasteiger charge is -2.26. The summed E-state index contributed by atoms with van der Waals surface area (Å²) >= 11 is 0. The Morgan fingerprint density at radius 1 is 1.11 bits per heavy atom. The standard InChI is InChI=1S/C18H18N2.C3H7NO2.2ClH/c1-20-13-12-15(17-4-2-3-5-18(17)20)9-6-14-7-10-16(19)11-8-14;1-2(4)3(5)6;;/h2-12H,13,19H2,1H3;2H,4H2,1H3,(H,5,6);2*1H. The number of allylic oxidation sites excluding steroid dienone is 2. The second-order valence-electron chi connectivity index (χ2n) is 6.18. The molecule has 0 radical (unpaired) electrons. The van der Waals surface area contributed by atoms with Crippen LogP contribution in [0.4, 0.5) is 11.4 Å². The lowest BCUT2D eigenvalue weighted by atomic mass is 9.98. The number of nitrogens with two attached hydrogens (primary N) is 2. The van der Waals surface area contributed by atoms with Gasteiger partial charge in [-0.1, -0.05) is 48.6 Å². The van der Waals surface area contributed by atoms with E-state index in [2.05, 4.69) is 54.4 Å². The Morgan fingerprint density at radius 2 is 1.68 bits per heavy atom. The van der Waals surface area contributed by atoms with Gasteiger partial charge in [-0.25, -0.2) is 0 Å². The minimum Gasteiger partial charge on any atom is -0.480 e. The molecule has 1 aliphatic rings. The number of nitrogen functional groups attached to an aromatic ring is 1. The third-order valence-corrected chi connectivity index (χ3v) is 3.99. The molecule has 1 atom stereocenters. The van der Waals surface area contributed by atoms with Crippen LogP contribution in [-0.2, 0) is 4.79 Å². The van der Waals surface area contributed by atoms with E-state index in [4.69, 9.17) is 16.6 Å². The Labute approximate surface area is 178 Å². The number of carboxylic acid groups (broad SMARTS) is 1. The summed E-state index contributed by atoms with van der Waals surface area (Å²) in [6.45, 7) is 2.36. The number of fused-ring (bicyclic) bond motifs is 1. The van der Waals surface area contributed by atoms with Crippen molar-refractivity contribution in [2.45, 2.75) is 13.0 Å². The maximum atomic E-state index is 9.57. The van der Waals surface area contributed by atoms with Gasteiger partial charge in [0.1, 0.15) is 6.04 Å². The number of anilines is 2. The van der Waals surface area contributed by atoms with Crippen LogP contribution in [-0.4, -0.2) is 30.7 Å². The molecule has 0 saturated carbocycles. The van der Waals surface area contributed by atoms with Crippen LogP contribution in [0.1, 0.15) is 18.1 Å². The molecule has 7 heteroatoms. The summed E-state index contributed by atoms with van der Waals surface area (Å²) in [6, 6.07) is 15.7. The van der Waals surface area contributed by atoms with Crippen molar-refractivity contribution >= 4 is 53.8 Å². The zero-order valence-electron chi connectivity index (χ0n) is 15.9. The maximum absolute atomic E-state index is 9.57. The predicted molar refractivity (Wildman–Crippen MR) is 123 cm³/mol. The van der Waals surface area contributed by atoms with E-state index in [-0.39, 0.29) is 24.8 Å². The Kier molecular flexibility index (Phi) is 11.0. The summed E-state index contributed by atoms with van der Waals surface area (Å²) < 4.78 is 0. The monoisotopic (exact) mass is 423 g/mol. The first-order chi connectivity index (χ1) is 12.4. The van der Waals surface area contributed by atoms with Crippen LogP contribution in [0.2, 0.25) is 0 Å². The van der Waals surface area contributed by atoms with Gasteiger partial charge in [-0.2, -0.15) is 0 Å². The van der Waals surface area contributed by atoms with E-state index < -0.39 is 12.0 Å². The first-order valence-corrected chi connectivity index (χ1v) is 8.41. The number of carbonyl (C=O) groups is 1. The largest absolute Gasteiger partial charge is 0.480 e. The molecule has 3 rings (SSSR count). The molecule has 0 saturated heterocycles. The average molecular weight is 424 g/mol. The lowest BCUT2D eigenvalue weighted by molar-refractivity contribution is -0.138. The van der Waals surface area contributed by atoms with Crippen molar-refractivity contribution < 1.29 is 9.90 Å². The second kappa shape index (κ2) is 12.1. The number of benzene rings is 2. The van der Waals surface area contributed by atoms with Gasteiger partial charge in [0.2, 0.25) is 0 Å². The Hall–Kier alpha value is -2.47. The molecule has 152 valence electrons. The lowest BCUT2D eigenvalue weighted by Crippen LogP contribution is -2.25. The maximum Gasteiger partial charge on any atom is 0.320 e. The van der Waals surface area contributed by atoms with Crippen LogP contribution in [0, 0.1) is 0 Å². The highest BCUT2D eigenvalue weighted by Crippen LogP contribution is 2.31. The third kappa shape index (κ3) is 7.27. The molecule has 2 aromatic carbocycles. The number of halogens is 2. The van der Waals surface area contributed by atoms with E-state index in [1.807, 2.05) is 24.3 Å². The summed E-state index contributed by atoms with van der Waals surface area (Å²) in [5.74, 6) is -0.963. The molecule has 1 unspecified atom stereocenters. The Bertz CT molecular complexity index is 819. The molecule has 0 bridgehead atoms. The van der Waals surface area contributed by atoms with Crippen LogP contribution in [0.25, 0.3) is 11.6 Å². The number of carboxylic acids is 1. The fourth-order valence-electron chi connectivity index (χ4n) is 2.45. The number of likely N-dealkylation sites (N-methyl/N-ethyl adjacent to an activating group) is 1. The van der Waals surface area contributed by atoms with Crippen LogP contribution >= 0.6 is 24.8 Å². The number of nitrogens with zero attached hydrogens (tertiary/aromatic N) is 1. The molecule has 2 aromatic rings. The molecule has 0 spiro atoms. The highest BCUT2D eigenvalue weighted by Gasteiger charge is 2.13. The van der Waals surface area contributed by atoms with Crippen LogP contribution < -0.4 is 16.4 Å². The molecule has 5 nitrogen and oxygen atoms in total. The van der Waals surface area contributed by atoms with E-state index in [0.717, 1.165) is 17.8 Å². The molecule has 0 amide bonds. The van der Waals surface area contributed by atoms with Gasteiger partial charge in [0, 0.05) is 30.5 Å². The highest BCUT2D eigenvalue weighted by atomic mass is 35.5. The fourth-order valence-corrected chi connectivity index (χ4v) is 2.45. The van der Waals surface area contributed by atoms with E-state index in [9.17, 15) is 4.79 Å². The second-order valence-corrected chi connectivity index (χ2v) is 6.18. The zero-order valence-corrected chi connectivity index (χ0v) is 17.5. The molecule has 0 aliphatic carbocycles. The van der Waals surface area contributed by atoms with Crippen molar-refractivity contribution in [3.05, 3.63) is 71.8 Å². The quantitative estimate of drug-likeness (QED) is 0.646. The number of rotatable bonds is 3. The van der Waals surface area contributed by atoms with Gasteiger partial charge in [-0.05, 0) is 36.3 Å². The summed E-state index contributed by atoms with van der Waals surface area (Å²) in [6.07, 6.45) is 6.57. The van der Waals surface area contributed by atoms with Crippen LogP contribution in [0.15, 0.2) is 60.7 Å².